The van der Waals surface area contributed by atoms with Crippen LogP contribution in [-0.2, 0) is 11.2 Å². The van der Waals surface area contributed by atoms with Crippen LogP contribution in [-0.4, -0.2) is 21.2 Å². The molecule has 0 unspecified atom stereocenters. The topological polar surface area (TPSA) is 88.2 Å². The number of carbonyl (C=O) groups is 1. The summed E-state index contributed by atoms with van der Waals surface area (Å²) in [4.78, 5) is 16.1. The maximum absolute atomic E-state index is 13.6. The fourth-order valence-electron chi connectivity index (χ4n) is 2.22. The number of nitrogens with one attached hydrogen (secondary N) is 1. The van der Waals surface area contributed by atoms with Gasteiger partial charge < -0.3 is 14.9 Å². The van der Waals surface area contributed by atoms with Crippen LogP contribution in [0.1, 0.15) is 17.9 Å². The first-order valence-corrected chi connectivity index (χ1v) is 7.70. The molecule has 0 fully saturated rings. The summed E-state index contributed by atoms with van der Waals surface area (Å²) in [5.41, 5.74) is 1.39. The lowest BCUT2D eigenvalue weighted by Crippen LogP contribution is -2.12. The van der Waals surface area contributed by atoms with E-state index in [1.54, 1.807) is 37.3 Å². The molecule has 0 saturated heterocycles. The number of para-hydroxylation sites is 2. The van der Waals surface area contributed by atoms with Crippen molar-refractivity contribution in [3.63, 3.8) is 0 Å². The molecular formula is C18H16FN3O3. The minimum atomic E-state index is -0.342. The van der Waals surface area contributed by atoms with Crippen molar-refractivity contribution in [1.29, 1.82) is 0 Å². The molecule has 0 radical (unpaired) electrons. The highest BCUT2D eigenvalue weighted by Gasteiger charge is 2.12. The SMILES string of the molecule is Cc1ccc(-c2noc(CCC(=O)Nc3ccccc3O)n2)cc1F. The Morgan fingerprint density at radius 2 is 2.08 bits per heavy atom. The minimum Gasteiger partial charge on any atom is -0.506 e. The molecule has 2 N–H and O–H groups in total. The number of phenolic OH excluding ortho intramolecular Hbond substituents is 1. The molecule has 3 aromatic rings. The van der Waals surface area contributed by atoms with Gasteiger partial charge in [0.05, 0.1) is 5.69 Å². The number of aromatic nitrogens is 2. The monoisotopic (exact) mass is 341 g/mol. The van der Waals surface area contributed by atoms with Crippen molar-refractivity contribution < 1.29 is 18.8 Å². The van der Waals surface area contributed by atoms with Gasteiger partial charge in [0.2, 0.25) is 17.6 Å². The number of nitrogens with zero attached hydrogens (tertiary/aromatic N) is 2. The van der Waals surface area contributed by atoms with Gasteiger partial charge in [-0.1, -0.05) is 29.4 Å². The van der Waals surface area contributed by atoms with Gasteiger partial charge in [0.1, 0.15) is 11.6 Å². The van der Waals surface area contributed by atoms with Crippen LogP contribution in [0.3, 0.4) is 0 Å². The molecule has 0 atom stereocenters. The molecule has 6 nitrogen and oxygen atoms in total. The van der Waals surface area contributed by atoms with Crippen LogP contribution in [0.25, 0.3) is 11.4 Å². The van der Waals surface area contributed by atoms with Crippen LogP contribution < -0.4 is 5.32 Å². The van der Waals surface area contributed by atoms with E-state index < -0.39 is 0 Å². The van der Waals surface area contributed by atoms with Crippen LogP contribution in [0.15, 0.2) is 47.0 Å². The zero-order valence-corrected chi connectivity index (χ0v) is 13.5. The van der Waals surface area contributed by atoms with Crippen LogP contribution in [0, 0.1) is 12.7 Å². The summed E-state index contributed by atoms with van der Waals surface area (Å²) < 4.78 is 18.7. The molecule has 1 heterocycles. The Labute approximate surface area is 143 Å². The van der Waals surface area contributed by atoms with Crippen molar-refractivity contribution in [2.24, 2.45) is 0 Å². The number of hydrogen-bond donors (Lipinski definition) is 2. The van der Waals surface area contributed by atoms with Crippen molar-refractivity contribution in [2.45, 2.75) is 19.8 Å². The van der Waals surface area contributed by atoms with E-state index in [2.05, 4.69) is 15.5 Å². The van der Waals surface area contributed by atoms with Gasteiger partial charge in [-0.15, -0.1) is 0 Å². The maximum Gasteiger partial charge on any atom is 0.227 e. The normalized spacial score (nSPS) is 10.6. The summed E-state index contributed by atoms with van der Waals surface area (Å²) >= 11 is 0. The molecule has 3 rings (SSSR count). The zero-order chi connectivity index (χ0) is 17.8. The lowest BCUT2D eigenvalue weighted by Gasteiger charge is -2.05. The number of carbonyl (C=O) groups excluding carboxylic acids is 1. The van der Waals surface area contributed by atoms with Crippen LogP contribution in [0.4, 0.5) is 10.1 Å². The number of aryl methyl sites for hydroxylation is 2. The number of benzene rings is 2. The lowest BCUT2D eigenvalue weighted by atomic mass is 10.1. The number of amides is 1. The maximum atomic E-state index is 13.6. The van der Waals surface area contributed by atoms with Gasteiger partial charge in [0.25, 0.3) is 0 Å². The van der Waals surface area contributed by atoms with E-state index in [9.17, 15) is 14.3 Å². The van der Waals surface area contributed by atoms with Crippen LogP contribution >= 0.6 is 0 Å². The van der Waals surface area contributed by atoms with Gasteiger partial charge >= 0.3 is 0 Å². The van der Waals surface area contributed by atoms with Crippen molar-refractivity contribution in [1.82, 2.24) is 10.1 Å². The van der Waals surface area contributed by atoms with Gasteiger partial charge in [-0.05, 0) is 30.7 Å². The Balaban J connectivity index is 1.61. The number of anilines is 1. The standard InChI is InChI=1S/C18H16FN3O3/c1-11-6-7-12(10-13(11)19)18-21-17(25-22-18)9-8-16(24)20-14-4-2-3-5-15(14)23/h2-7,10,23H,8-9H2,1H3,(H,20,24). The Bertz CT molecular complexity index is 908. The molecule has 2 aromatic carbocycles. The highest BCUT2D eigenvalue weighted by Crippen LogP contribution is 2.22. The van der Waals surface area contributed by atoms with Gasteiger partial charge in [-0.2, -0.15) is 4.98 Å². The number of halogens is 1. The highest BCUT2D eigenvalue weighted by molar-refractivity contribution is 5.92. The van der Waals surface area contributed by atoms with E-state index in [1.165, 1.54) is 12.1 Å². The number of aromatic hydroxyl groups is 1. The molecule has 128 valence electrons. The van der Waals surface area contributed by atoms with E-state index in [0.717, 1.165) is 0 Å². The summed E-state index contributed by atoms with van der Waals surface area (Å²) in [5, 5.41) is 16.0. The third kappa shape index (κ3) is 4.00. The predicted octanol–water partition coefficient (Wildman–Crippen LogP) is 3.46. The second-order valence-corrected chi connectivity index (χ2v) is 5.54. The first-order valence-electron chi connectivity index (χ1n) is 7.70. The van der Waals surface area contributed by atoms with Gasteiger partial charge in [0.15, 0.2) is 0 Å². The fraction of sp³-hybridized carbons (Fsp3) is 0.167. The van der Waals surface area contributed by atoms with Crippen molar-refractivity contribution >= 4 is 11.6 Å². The Kier molecular flexibility index (Phi) is 4.74. The van der Waals surface area contributed by atoms with Crippen LogP contribution in [0.2, 0.25) is 0 Å². The van der Waals surface area contributed by atoms with Gasteiger partial charge in [-0.25, -0.2) is 4.39 Å². The smallest absolute Gasteiger partial charge is 0.227 e. The molecule has 0 aliphatic heterocycles. The summed E-state index contributed by atoms with van der Waals surface area (Å²) in [6.45, 7) is 1.67. The van der Waals surface area contributed by atoms with E-state index in [4.69, 9.17) is 4.52 Å². The third-order valence-electron chi connectivity index (χ3n) is 3.64. The molecule has 25 heavy (non-hydrogen) atoms. The van der Waals surface area contributed by atoms with Crippen molar-refractivity contribution in [3.05, 3.63) is 59.7 Å². The highest BCUT2D eigenvalue weighted by atomic mass is 19.1. The largest absolute Gasteiger partial charge is 0.506 e. The minimum absolute atomic E-state index is 0.00248. The van der Waals surface area contributed by atoms with Crippen LogP contribution in [0.5, 0.6) is 5.75 Å². The molecule has 1 amide bonds. The average Bonchev–Trinajstić information content (AvgIpc) is 3.07. The second-order valence-electron chi connectivity index (χ2n) is 5.54. The summed E-state index contributed by atoms with van der Waals surface area (Å²) in [5.74, 6) is -0.0794. The summed E-state index contributed by atoms with van der Waals surface area (Å²) in [6.07, 6.45) is 0.346. The Morgan fingerprint density at radius 3 is 2.84 bits per heavy atom. The number of phenols is 1. The fourth-order valence-corrected chi connectivity index (χ4v) is 2.22. The quantitative estimate of drug-likeness (QED) is 0.694. The van der Waals surface area contributed by atoms with E-state index in [0.29, 0.717) is 16.8 Å². The zero-order valence-electron chi connectivity index (χ0n) is 13.5. The summed E-state index contributed by atoms with van der Waals surface area (Å²) in [7, 11) is 0. The van der Waals surface area contributed by atoms with Gasteiger partial charge in [-0.3, -0.25) is 4.79 Å². The first-order chi connectivity index (χ1) is 12.0. The Hall–Kier alpha value is -3.22. The molecule has 0 aliphatic rings. The van der Waals surface area contributed by atoms with E-state index in [-0.39, 0.29) is 42.0 Å². The second kappa shape index (κ2) is 7.12. The van der Waals surface area contributed by atoms with Crippen molar-refractivity contribution in [3.8, 4) is 17.1 Å². The van der Waals surface area contributed by atoms with Crippen molar-refractivity contribution in [2.75, 3.05) is 5.32 Å². The molecule has 0 aliphatic carbocycles. The average molecular weight is 341 g/mol. The Morgan fingerprint density at radius 1 is 1.28 bits per heavy atom. The van der Waals surface area contributed by atoms with Gasteiger partial charge in [0, 0.05) is 18.4 Å². The number of hydrogen-bond acceptors (Lipinski definition) is 5. The summed E-state index contributed by atoms with van der Waals surface area (Å²) in [6, 6.07) is 11.1. The number of rotatable bonds is 5. The molecule has 0 saturated carbocycles. The van der Waals surface area contributed by atoms with E-state index >= 15 is 0 Å². The molecule has 0 spiro atoms. The third-order valence-corrected chi connectivity index (χ3v) is 3.64. The first kappa shape index (κ1) is 16.6. The molecular weight excluding hydrogens is 325 g/mol. The predicted molar refractivity (Wildman–Crippen MR) is 89.5 cm³/mol. The molecule has 7 heteroatoms. The molecule has 1 aromatic heterocycles. The molecule has 0 bridgehead atoms. The van der Waals surface area contributed by atoms with E-state index in [1.807, 2.05) is 0 Å². The lowest BCUT2D eigenvalue weighted by molar-refractivity contribution is -0.116.